The summed E-state index contributed by atoms with van der Waals surface area (Å²) in [6.45, 7) is 11.0. The summed E-state index contributed by atoms with van der Waals surface area (Å²) in [5, 5.41) is 0. The Labute approximate surface area is 205 Å². The number of thioether (sulfide) groups is 1. The average Bonchev–Trinajstić information content (AvgIpc) is 3.36. The number of hydrogen-bond acceptors (Lipinski definition) is 5. The van der Waals surface area contributed by atoms with Gasteiger partial charge in [0.2, 0.25) is 0 Å². The third-order valence-corrected chi connectivity index (χ3v) is 8.59. The van der Waals surface area contributed by atoms with Gasteiger partial charge in [0.05, 0.1) is 16.9 Å². The largest absolute Gasteiger partial charge is 0.416 e. The van der Waals surface area contributed by atoms with E-state index in [-0.39, 0.29) is 0 Å². The number of allylic oxidation sites excluding steroid dienone is 2. The lowest BCUT2D eigenvalue weighted by Gasteiger charge is -2.38. The molecule has 1 aromatic rings. The van der Waals surface area contributed by atoms with Crippen molar-refractivity contribution in [2.75, 3.05) is 70.3 Å². The molecule has 1 aliphatic carbocycles. The molecule has 5 rings (SSSR count). The number of rotatable bonds is 7. The Morgan fingerprint density at radius 3 is 2.12 bits per heavy atom. The molecular weight excluding hydrogens is 457 g/mol. The maximum absolute atomic E-state index is 13.4. The van der Waals surface area contributed by atoms with E-state index in [0.29, 0.717) is 5.69 Å². The average molecular weight is 493 g/mol. The molecule has 0 bridgehead atoms. The van der Waals surface area contributed by atoms with Gasteiger partial charge in [-0.25, -0.2) is 0 Å². The van der Waals surface area contributed by atoms with Gasteiger partial charge in [0, 0.05) is 55.6 Å². The number of alkyl halides is 3. The van der Waals surface area contributed by atoms with E-state index in [1.807, 2.05) is 0 Å². The molecule has 0 aromatic heterocycles. The summed E-state index contributed by atoms with van der Waals surface area (Å²) in [6, 6.07) is 4.20. The highest BCUT2D eigenvalue weighted by Crippen LogP contribution is 2.49. The van der Waals surface area contributed by atoms with Crippen LogP contribution in [0.15, 0.2) is 45.8 Å². The van der Waals surface area contributed by atoms with Crippen molar-refractivity contribution >= 4 is 17.4 Å². The van der Waals surface area contributed by atoms with Gasteiger partial charge in [-0.1, -0.05) is 23.9 Å². The van der Waals surface area contributed by atoms with Crippen LogP contribution in [0.4, 0.5) is 18.9 Å². The first-order chi connectivity index (χ1) is 16.5. The summed E-state index contributed by atoms with van der Waals surface area (Å²) < 4.78 is 40.3. The van der Waals surface area contributed by atoms with Crippen LogP contribution in [-0.2, 0) is 6.18 Å². The molecule has 34 heavy (non-hydrogen) atoms. The van der Waals surface area contributed by atoms with Crippen LogP contribution in [0.2, 0.25) is 0 Å². The van der Waals surface area contributed by atoms with Crippen LogP contribution in [0.5, 0.6) is 0 Å². The first-order valence-electron chi connectivity index (χ1n) is 12.7. The topological polar surface area (TPSA) is 13.0 Å². The van der Waals surface area contributed by atoms with Crippen molar-refractivity contribution < 1.29 is 13.2 Å². The highest BCUT2D eigenvalue weighted by molar-refractivity contribution is 8.03. The molecule has 1 aromatic carbocycles. The third kappa shape index (κ3) is 5.66. The zero-order chi connectivity index (χ0) is 23.5. The molecule has 0 N–H and O–H groups in total. The quantitative estimate of drug-likeness (QED) is 0.512. The van der Waals surface area contributed by atoms with Crippen molar-refractivity contribution in [3.05, 3.63) is 46.5 Å². The molecule has 0 atom stereocenters. The summed E-state index contributed by atoms with van der Waals surface area (Å²) >= 11 is 1.60. The second kappa shape index (κ2) is 10.6. The maximum atomic E-state index is 13.4. The Morgan fingerprint density at radius 2 is 1.41 bits per heavy atom. The minimum Gasteiger partial charge on any atom is -0.340 e. The molecule has 4 aliphatic rings. The van der Waals surface area contributed by atoms with Crippen molar-refractivity contribution in [3.8, 4) is 0 Å². The third-order valence-electron chi connectivity index (χ3n) is 7.43. The minimum absolute atomic E-state index is 0.564. The smallest absolute Gasteiger partial charge is 0.340 e. The van der Waals surface area contributed by atoms with Crippen molar-refractivity contribution in [3.63, 3.8) is 0 Å². The van der Waals surface area contributed by atoms with E-state index >= 15 is 0 Å². The molecular formula is C26H35F3N4S. The summed E-state index contributed by atoms with van der Waals surface area (Å²) in [7, 11) is 0. The van der Waals surface area contributed by atoms with Gasteiger partial charge in [-0.2, -0.15) is 13.2 Å². The monoisotopic (exact) mass is 492 g/mol. The van der Waals surface area contributed by atoms with Gasteiger partial charge in [0.15, 0.2) is 0 Å². The van der Waals surface area contributed by atoms with Gasteiger partial charge < -0.3 is 14.7 Å². The Morgan fingerprint density at radius 1 is 0.765 bits per heavy atom. The van der Waals surface area contributed by atoms with Gasteiger partial charge in [0.1, 0.15) is 0 Å². The molecule has 8 heteroatoms. The zero-order valence-electron chi connectivity index (χ0n) is 19.8. The number of halogens is 3. The van der Waals surface area contributed by atoms with Gasteiger partial charge in [-0.05, 0) is 69.9 Å². The molecule has 0 saturated carbocycles. The normalized spacial score (nSPS) is 22.4. The number of benzene rings is 1. The number of fused-ring (bicyclic) bond motifs is 2. The first-order valence-corrected chi connectivity index (χ1v) is 13.5. The van der Waals surface area contributed by atoms with Crippen molar-refractivity contribution in [1.29, 1.82) is 0 Å². The van der Waals surface area contributed by atoms with Crippen LogP contribution >= 0.6 is 11.8 Å². The zero-order valence-corrected chi connectivity index (χ0v) is 20.6. The van der Waals surface area contributed by atoms with E-state index in [9.17, 15) is 13.2 Å². The Bertz CT molecular complexity index is 915. The SMILES string of the molecule is FC(F)(F)c1ccc2c(c1)N(CCCN1CCN(CCN3CCCC3)CC1)C1=CCCC=C1S2. The summed E-state index contributed by atoms with van der Waals surface area (Å²) in [5.74, 6) is 0. The lowest BCUT2D eigenvalue weighted by molar-refractivity contribution is -0.137. The Kier molecular flexibility index (Phi) is 7.58. The molecule has 0 unspecified atom stereocenters. The summed E-state index contributed by atoms with van der Waals surface area (Å²) in [5.41, 5.74) is 1.23. The minimum atomic E-state index is -4.32. The molecule has 186 valence electrons. The van der Waals surface area contributed by atoms with Crippen LogP contribution in [0.25, 0.3) is 0 Å². The number of anilines is 1. The van der Waals surface area contributed by atoms with E-state index in [0.717, 1.165) is 69.1 Å². The number of hydrogen-bond donors (Lipinski definition) is 0. The predicted molar refractivity (Wildman–Crippen MR) is 133 cm³/mol. The molecule has 3 heterocycles. The van der Waals surface area contributed by atoms with Crippen LogP contribution in [-0.4, -0.2) is 80.1 Å². The molecule has 2 saturated heterocycles. The molecule has 0 amide bonds. The summed E-state index contributed by atoms with van der Waals surface area (Å²) in [6.07, 6.45) is 5.69. The van der Waals surface area contributed by atoms with Gasteiger partial charge in [-0.3, -0.25) is 4.90 Å². The number of likely N-dealkylation sites (tertiary alicyclic amines) is 1. The fourth-order valence-corrected chi connectivity index (χ4v) is 6.58. The lowest BCUT2D eigenvalue weighted by Crippen LogP contribution is -2.48. The molecule has 3 aliphatic heterocycles. The second-order valence-electron chi connectivity index (χ2n) is 9.75. The molecule has 4 nitrogen and oxygen atoms in total. The first kappa shape index (κ1) is 24.2. The van der Waals surface area contributed by atoms with Crippen molar-refractivity contribution in [1.82, 2.24) is 14.7 Å². The van der Waals surface area contributed by atoms with Gasteiger partial charge >= 0.3 is 6.18 Å². The second-order valence-corrected chi connectivity index (χ2v) is 10.8. The molecule has 0 radical (unpaired) electrons. The van der Waals surface area contributed by atoms with Crippen LogP contribution < -0.4 is 4.90 Å². The molecule has 2 fully saturated rings. The fourth-order valence-electron chi connectivity index (χ4n) is 5.43. The number of nitrogens with zero attached hydrogens (tertiary/aromatic N) is 4. The van der Waals surface area contributed by atoms with Gasteiger partial charge in [-0.15, -0.1) is 0 Å². The number of piperazine rings is 1. The summed E-state index contributed by atoms with van der Waals surface area (Å²) in [4.78, 5) is 11.9. The highest BCUT2D eigenvalue weighted by Gasteiger charge is 2.34. The molecule has 0 spiro atoms. The van der Waals surface area contributed by atoms with E-state index < -0.39 is 11.7 Å². The van der Waals surface area contributed by atoms with Crippen molar-refractivity contribution in [2.45, 2.75) is 43.2 Å². The van der Waals surface area contributed by atoms with E-state index in [4.69, 9.17) is 0 Å². The van der Waals surface area contributed by atoms with E-state index in [1.54, 1.807) is 17.8 Å². The van der Waals surface area contributed by atoms with E-state index in [2.05, 4.69) is 31.8 Å². The maximum Gasteiger partial charge on any atom is 0.416 e. The Balaban J connectivity index is 1.17. The predicted octanol–water partition coefficient (Wildman–Crippen LogP) is 5.28. The van der Waals surface area contributed by atoms with Crippen LogP contribution in [0, 0.1) is 0 Å². The van der Waals surface area contributed by atoms with E-state index in [1.165, 1.54) is 56.1 Å². The van der Waals surface area contributed by atoms with Crippen LogP contribution in [0.1, 0.15) is 37.7 Å². The van der Waals surface area contributed by atoms with Crippen molar-refractivity contribution in [2.24, 2.45) is 0 Å². The fraction of sp³-hybridized carbons (Fsp3) is 0.615. The standard InChI is InChI=1S/C26H35F3N4S/c27-26(28,29)21-8-9-25-23(20-21)33(22-6-1-2-7-24(22)34-25)13-5-12-31-15-18-32(19-16-31)17-14-30-10-3-4-11-30/h6-9,20H,1-5,10-19H2. The highest BCUT2D eigenvalue weighted by atomic mass is 32.2. The Hall–Kier alpha value is -1.48. The van der Waals surface area contributed by atoms with Crippen LogP contribution in [0.3, 0.4) is 0 Å². The van der Waals surface area contributed by atoms with Gasteiger partial charge in [0.25, 0.3) is 0 Å². The lowest BCUT2D eigenvalue weighted by atomic mass is 10.1.